The fraction of sp³-hybridized carbons (Fsp3) is 0.300. The molecule has 0 bridgehead atoms. The van der Waals surface area contributed by atoms with Gasteiger partial charge < -0.3 is 20.1 Å². The number of carbonyl (C=O) groups excluding carboxylic acids is 2. The topological polar surface area (TPSA) is 76.7 Å². The van der Waals surface area contributed by atoms with E-state index in [-0.39, 0.29) is 18.2 Å². The van der Waals surface area contributed by atoms with E-state index < -0.39 is 0 Å². The fourth-order valence-electron chi connectivity index (χ4n) is 2.56. The number of nitrogens with one attached hydrogen (secondary N) is 2. The standard InChI is InChI=1S/C20H24N2O4/c1-14-8-9-18(26-3)15(12-14)13-19(23)22-17-7-5-4-6-16(17)20(24)21-10-11-25-2/h4-9,12H,10-11,13H2,1-3H3,(H,21,24)(H,22,23). The molecule has 2 amide bonds. The summed E-state index contributed by atoms with van der Waals surface area (Å²) < 4.78 is 10.2. The molecule has 0 saturated heterocycles. The maximum Gasteiger partial charge on any atom is 0.253 e. The number of benzene rings is 2. The second-order valence-electron chi connectivity index (χ2n) is 5.83. The molecule has 2 aromatic rings. The molecule has 0 heterocycles. The zero-order chi connectivity index (χ0) is 18.9. The van der Waals surface area contributed by atoms with Crippen molar-refractivity contribution in [2.24, 2.45) is 0 Å². The third-order valence-electron chi connectivity index (χ3n) is 3.82. The minimum atomic E-state index is -0.258. The predicted molar refractivity (Wildman–Crippen MR) is 101 cm³/mol. The van der Waals surface area contributed by atoms with Gasteiger partial charge in [-0.3, -0.25) is 9.59 Å². The molecular formula is C20H24N2O4. The first-order chi connectivity index (χ1) is 12.5. The van der Waals surface area contributed by atoms with Crippen molar-refractivity contribution in [1.29, 1.82) is 0 Å². The van der Waals surface area contributed by atoms with Crippen LogP contribution in [-0.2, 0) is 16.0 Å². The van der Waals surface area contributed by atoms with Crippen molar-refractivity contribution >= 4 is 17.5 Å². The molecule has 0 aliphatic carbocycles. The first-order valence-corrected chi connectivity index (χ1v) is 8.34. The number of carbonyl (C=O) groups is 2. The Labute approximate surface area is 153 Å². The molecule has 6 nitrogen and oxygen atoms in total. The zero-order valence-electron chi connectivity index (χ0n) is 15.3. The Kier molecular flexibility index (Phi) is 7.17. The summed E-state index contributed by atoms with van der Waals surface area (Å²) in [7, 11) is 3.14. The number of hydrogen-bond donors (Lipinski definition) is 2. The van der Waals surface area contributed by atoms with Crippen LogP contribution in [0.1, 0.15) is 21.5 Å². The zero-order valence-corrected chi connectivity index (χ0v) is 15.3. The van der Waals surface area contributed by atoms with Crippen molar-refractivity contribution in [1.82, 2.24) is 5.32 Å². The van der Waals surface area contributed by atoms with Crippen LogP contribution < -0.4 is 15.4 Å². The SMILES string of the molecule is COCCNC(=O)c1ccccc1NC(=O)Cc1cc(C)ccc1OC. The number of rotatable bonds is 8. The lowest BCUT2D eigenvalue weighted by Gasteiger charge is -2.13. The van der Waals surface area contributed by atoms with Crippen molar-refractivity contribution in [2.45, 2.75) is 13.3 Å². The Morgan fingerprint density at radius 3 is 2.58 bits per heavy atom. The highest BCUT2D eigenvalue weighted by Crippen LogP contribution is 2.21. The van der Waals surface area contributed by atoms with Crippen molar-refractivity contribution in [3.63, 3.8) is 0 Å². The minimum absolute atomic E-state index is 0.157. The van der Waals surface area contributed by atoms with Gasteiger partial charge in [-0.2, -0.15) is 0 Å². The monoisotopic (exact) mass is 356 g/mol. The molecule has 2 N–H and O–H groups in total. The molecular weight excluding hydrogens is 332 g/mol. The van der Waals surface area contributed by atoms with Gasteiger partial charge in [0.2, 0.25) is 5.91 Å². The Bertz CT molecular complexity index is 774. The van der Waals surface area contributed by atoms with Crippen LogP contribution in [0.15, 0.2) is 42.5 Å². The molecule has 0 radical (unpaired) electrons. The second kappa shape index (κ2) is 9.58. The normalized spacial score (nSPS) is 10.3. The van der Waals surface area contributed by atoms with Crippen molar-refractivity contribution in [3.05, 3.63) is 59.2 Å². The molecule has 0 aliphatic rings. The largest absolute Gasteiger partial charge is 0.496 e. The third kappa shape index (κ3) is 5.32. The Hall–Kier alpha value is -2.86. The first-order valence-electron chi connectivity index (χ1n) is 8.34. The van der Waals surface area contributed by atoms with Gasteiger partial charge in [-0.05, 0) is 25.1 Å². The Balaban J connectivity index is 2.10. The van der Waals surface area contributed by atoms with Gasteiger partial charge >= 0.3 is 0 Å². The first kappa shape index (κ1) is 19.5. The number of ether oxygens (including phenoxy) is 2. The molecule has 26 heavy (non-hydrogen) atoms. The van der Waals surface area contributed by atoms with Gasteiger partial charge in [0.25, 0.3) is 5.91 Å². The number of aryl methyl sites for hydroxylation is 1. The fourth-order valence-corrected chi connectivity index (χ4v) is 2.56. The van der Waals surface area contributed by atoms with Crippen LogP contribution >= 0.6 is 0 Å². The van der Waals surface area contributed by atoms with E-state index in [1.807, 2.05) is 25.1 Å². The molecule has 0 fully saturated rings. The van der Waals surface area contributed by atoms with Crippen LogP contribution in [0.2, 0.25) is 0 Å². The summed E-state index contributed by atoms with van der Waals surface area (Å²) in [6.45, 7) is 2.78. The van der Waals surface area contributed by atoms with E-state index in [0.717, 1.165) is 11.1 Å². The summed E-state index contributed by atoms with van der Waals surface area (Å²) in [5.74, 6) is 0.188. The number of amides is 2. The van der Waals surface area contributed by atoms with Crippen molar-refractivity contribution in [3.8, 4) is 5.75 Å². The van der Waals surface area contributed by atoms with E-state index in [1.54, 1.807) is 38.5 Å². The second-order valence-corrected chi connectivity index (χ2v) is 5.83. The number of methoxy groups -OCH3 is 2. The molecule has 0 saturated carbocycles. The average Bonchev–Trinajstić information content (AvgIpc) is 2.62. The maximum atomic E-state index is 12.5. The average molecular weight is 356 g/mol. The van der Waals surface area contributed by atoms with Crippen LogP contribution in [0.5, 0.6) is 5.75 Å². The highest BCUT2D eigenvalue weighted by molar-refractivity contribution is 6.04. The van der Waals surface area contributed by atoms with E-state index in [4.69, 9.17) is 9.47 Å². The van der Waals surface area contributed by atoms with Crippen LogP contribution in [0.4, 0.5) is 5.69 Å². The summed E-state index contributed by atoms with van der Waals surface area (Å²) in [5.41, 5.74) is 2.73. The van der Waals surface area contributed by atoms with Gasteiger partial charge in [0, 0.05) is 19.2 Å². The summed E-state index contributed by atoms with van der Waals surface area (Å²) in [6, 6.07) is 12.6. The summed E-state index contributed by atoms with van der Waals surface area (Å²) in [5, 5.41) is 5.57. The lowest BCUT2D eigenvalue weighted by atomic mass is 10.1. The highest BCUT2D eigenvalue weighted by atomic mass is 16.5. The number of hydrogen-bond acceptors (Lipinski definition) is 4. The molecule has 0 aliphatic heterocycles. The smallest absolute Gasteiger partial charge is 0.253 e. The summed E-state index contributed by atoms with van der Waals surface area (Å²) in [4.78, 5) is 24.8. The van der Waals surface area contributed by atoms with E-state index in [2.05, 4.69) is 10.6 Å². The lowest BCUT2D eigenvalue weighted by Crippen LogP contribution is -2.28. The van der Waals surface area contributed by atoms with E-state index in [0.29, 0.717) is 30.2 Å². The van der Waals surface area contributed by atoms with Crippen LogP contribution in [-0.4, -0.2) is 39.2 Å². The lowest BCUT2D eigenvalue weighted by molar-refractivity contribution is -0.115. The highest BCUT2D eigenvalue weighted by Gasteiger charge is 2.14. The third-order valence-corrected chi connectivity index (χ3v) is 3.82. The number of anilines is 1. The predicted octanol–water partition coefficient (Wildman–Crippen LogP) is 2.56. The molecule has 0 spiro atoms. The van der Waals surface area contributed by atoms with Crippen LogP contribution in [0, 0.1) is 6.92 Å². The molecule has 6 heteroatoms. The maximum absolute atomic E-state index is 12.5. The Morgan fingerprint density at radius 1 is 1.08 bits per heavy atom. The molecule has 0 unspecified atom stereocenters. The van der Waals surface area contributed by atoms with Crippen molar-refractivity contribution < 1.29 is 19.1 Å². The molecule has 2 rings (SSSR count). The quantitative estimate of drug-likeness (QED) is 0.713. The van der Waals surface area contributed by atoms with Gasteiger partial charge in [0.05, 0.1) is 31.4 Å². The van der Waals surface area contributed by atoms with E-state index >= 15 is 0 Å². The minimum Gasteiger partial charge on any atom is -0.496 e. The van der Waals surface area contributed by atoms with Gasteiger partial charge in [-0.25, -0.2) is 0 Å². The summed E-state index contributed by atoms with van der Waals surface area (Å²) in [6.07, 6.45) is 0.157. The molecule has 0 atom stereocenters. The summed E-state index contributed by atoms with van der Waals surface area (Å²) >= 11 is 0. The number of para-hydroxylation sites is 1. The van der Waals surface area contributed by atoms with Gasteiger partial charge in [-0.1, -0.05) is 29.8 Å². The van der Waals surface area contributed by atoms with Gasteiger partial charge in [-0.15, -0.1) is 0 Å². The van der Waals surface area contributed by atoms with Crippen molar-refractivity contribution in [2.75, 3.05) is 32.7 Å². The Morgan fingerprint density at radius 2 is 1.85 bits per heavy atom. The molecule has 2 aromatic carbocycles. The molecule has 0 aromatic heterocycles. The van der Waals surface area contributed by atoms with Crippen LogP contribution in [0.25, 0.3) is 0 Å². The van der Waals surface area contributed by atoms with Gasteiger partial charge in [0.15, 0.2) is 0 Å². The van der Waals surface area contributed by atoms with Crippen LogP contribution in [0.3, 0.4) is 0 Å². The molecule has 138 valence electrons. The van der Waals surface area contributed by atoms with E-state index in [9.17, 15) is 9.59 Å². The van der Waals surface area contributed by atoms with E-state index in [1.165, 1.54) is 0 Å². The van der Waals surface area contributed by atoms with Gasteiger partial charge in [0.1, 0.15) is 5.75 Å².